The van der Waals surface area contributed by atoms with Crippen LogP contribution in [0.4, 0.5) is 0 Å². The molecule has 1 heterocycles. The molecule has 0 fully saturated rings. The third kappa shape index (κ3) is 3.07. The Morgan fingerprint density at radius 3 is 2.93 bits per heavy atom. The van der Waals surface area contributed by atoms with Gasteiger partial charge in [0.05, 0.1) is 6.20 Å². The summed E-state index contributed by atoms with van der Waals surface area (Å²) in [5, 5.41) is 6.81. The van der Waals surface area contributed by atoms with Crippen LogP contribution in [0, 0.1) is 5.92 Å². The van der Waals surface area contributed by atoms with Crippen molar-refractivity contribution in [2.45, 2.75) is 11.8 Å². The Balaban J connectivity index is 2.60. The zero-order valence-corrected chi connectivity index (χ0v) is 10.1. The standard InChI is InChI=1S/C7H12BrN3O2S/c1-6(2-8)3-11-14(12,13)7-4-9-10-5-7/h4-6,11H,2-3H2,1H3,(H,9,10). The SMILES string of the molecule is CC(CBr)CNS(=O)(=O)c1cn[nH]c1. The van der Waals surface area contributed by atoms with Gasteiger partial charge in [0.25, 0.3) is 0 Å². The third-order valence-electron chi connectivity index (χ3n) is 1.67. The van der Waals surface area contributed by atoms with E-state index in [4.69, 9.17) is 0 Å². The van der Waals surface area contributed by atoms with E-state index in [1.165, 1.54) is 12.4 Å². The Bertz CT molecular complexity index is 362. The van der Waals surface area contributed by atoms with E-state index < -0.39 is 10.0 Å². The molecule has 0 bridgehead atoms. The van der Waals surface area contributed by atoms with Crippen LogP contribution in [-0.2, 0) is 10.0 Å². The van der Waals surface area contributed by atoms with Crippen molar-refractivity contribution in [2.24, 2.45) is 5.92 Å². The van der Waals surface area contributed by atoms with Crippen LogP contribution in [0.1, 0.15) is 6.92 Å². The fraction of sp³-hybridized carbons (Fsp3) is 0.571. The van der Waals surface area contributed by atoms with Gasteiger partial charge >= 0.3 is 0 Å². The average Bonchev–Trinajstić information content (AvgIpc) is 2.67. The first kappa shape index (κ1) is 11.7. The van der Waals surface area contributed by atoms with Crippen molar-refractivity contribution in [1.29, 1.82) is 0 Å². The summed E-state index contributed by atoms with van der Waals surface area (Å²) in [7, 11) is -3.39. The molecule has 0 aromatic carbocycles. The summed E-state index contributed by atoms with van der Waals surface area (Å²) < 4.78 is 25.5. The van der Waals surface area contributed by atoms with E-state index in [1.54, 1.807) is 0 Å². The van der Waals surface area contributed by atoms with Crippen LogP contribution in [-0.4, -0.2) is 30.5 Å². The predicted octanol–water partition coefficient (Wildman–Crippen LogP) is 0.719. The van der Waals surface area contributed by atoms with Crippen LogP contribution < -0.4 is 4.72 Å². The molecule has 0 amide bonds. The number of rotatable bonds is 5. The highest BCUT2D eigenvalue weighted by molar-refractivity contribution is 9.09. The lowest BCUT2D eigenvalue weighted by molar-refractivity contribution is 0.563. The van der Waals surface area contributed by atoms with Gasteiger partial charge in [0, 0.05) is 18.1 Å². The van der Waals surface area contributed by atoms with E-state index in [0.29, 0.717) is 6.54 Å². The average molecular weight is 282 g/mol. The smallest absolute Gasteiger partial charge is 0.243 e. The van der Waals surface area contributed by atoms with Gasteiger partial charge in [0.1, 0.15) is 4.90 Å². The minimum Gasteiger partial charge on any atom is -0.284 e. The summed E-state index contributed by atoms with van der Waals surface area (Å²) in [6.07, 6.45) is 2.63. The van der Waals surface area contributed by atoms with E-state index in [1.807, 2.05) is 6.92 Å². The highest BCUT2D eigenvalue weighted by Crippen LogP contribution is 2.05. The van der Waals surface area contributed by atoms with Gasteiger partial charge < -0.3 is 0 Å². The molecule has 0 saturated carbocycles. The lowest BCUT2D eigenvalue weighted by Crippen LogP contribution is -2.28. The lowest BCUT2D eigenvalue weighted by atomic mass is 10.2. The van der Waals surface area contributed by atoms with E-state index >= 15 is 0 Å². The van der Waals surface area contributed by atoms with Crippen molar-refractivity contribution in [2.75, 3.05) is 11.9 Å². The Labute approximate surface area is 91.5 Å². The van der Waals surface area contributed by atoms with Crippen LogP contribution in [0.3, 0.4) is 0 Å². The van der Waals surface area contributed by atoms with Crippen molar-refractivity contribution in [3.63, 3.8) is 0 Å². The number of nitrogens with one attached hydrogen (secondary N) is 2. The molecule has 0 spiro atoms. The monoisotopic (exact) mass is 281 g/mol. The van der Waals surface area contributed by atoms with Gasteiger partial charge in [-0.1, -0.05) is 22.9 Å². The Hall–Kier alpha value is -0.400. The molecule has 1 unspecified atom stereocenters. The van der Waals surface area contributed by atoms with Crippen LogP contribution in [0.5, 0.6) is 0 Å². The molecule has 2 N–H and O–H groups in total. The molecule has 5 nitrogen and oxygen atoms in total. The largest absolute Gasteiger partial charge is 0.284 e. The molecular weight excluding hydrogens is 270 g/mol. The molecule has 1 aromatic heterocycles. The number of hydrogen-bond donors (Lipinski definition) is 2. The van der Waals surface area contributed by atoms with Gasteiger partial charge in [-0.05, 0) is 5.92 Å². The molecular formula is C7H12BrN3O2S. The molecule has 1 aromatic rings. The molecule has 0 radical (unpaired) electrons. The number of hydrogen-bond acceptors (Lipinski definition) is 3. The number of sulfonamides is 1. The van der Waals surface area contributed by atoms with Crippen LogP contribution in [0.25, 0.3) is 0 Å². The summed E-state index contributed by atoms with van der Waals surface area (Å²) in [5.41, 5.74) is 0. The van der Waals surface area contributed by atoms with Gasteiger partial charge in [0.15, 0.2) is 0 Å². The number of H-pyrrole nitrogens is 1. The molecule has 1 rings (SSSR count). The fourth-order valence-corrected chi connectivity index (χ4v) is 2.07. The second kappa shape index (κ2) is 4.90. The summed E-state index contributed by atoms with van der Waals surface area (Å²) in [5.74, 6) is 0.261. The summed E-state index contributed by atoms with van der Waals surface area (Å²) in [6.45, 7) is 2.37. The van der Waals surface area contributed by atoms with Crippen molar-refractivity contribution >= 4 is 26.0 Å². The minimum atomic E-state index is -3.39. The molecule has 14 heavy (non-hydrogen) atoms. The molecule has 0 aliphatic carbocycles. The Kier molecular flexibility index (Phi) is 4.09. The number of alkyl halides is 1. The second-order valence-corrected chi connectivity index (χ2v) is 5.46. The van der Waals surface area contributed by atoms with Crippen molar-refractivity contribution in [1.82, 2.24) is 14.9 Å². The van der Waals surface area contributed by atoms with Gasteiger partial charge in [-0.25, -0.2) is 13.1 Å². The van der Waals surface area contributed by atoms with Gasteiger partial charge in [0.2, 0.25) is 10.0 Å². The Morgan fingerprint density at radius 1 is 1.71 bits per heavy atom. The molecule has 1 atom stereocenters. The number of nitrogens with zero attached hydrogens (tertiary/aromatic N) is 1. The Morgan fingerprint density at radius 2 is 2.43 bits per heavy atom. The first-order chi connectivity index (χ1) is 6.56. The van der Waals surface area contributed by atoms with Gasteiger partial charge in [-0.2, -0.15) is 5.10 Å². The molecule has 80 valence electrons. The number of aromatic nitrogens is 2. The molecule has 0 aliphatic heterocycles. The van der Waals surface area contributed by atoms with Crippen LogP contribution in [0.15, 0.2) is 17.3 Å². The second-order valence-electron chi connectivity index (χ2n) is 3.05. The molecule has 0 saturated heterocycles. The molecule has 0 aliphatic rings. The van der Waals surface area contributed by atoms with Crippen LogP contribution in [0.2, 0.25) is 0 Å². The maximum absolute atomic E-state index is 11.5. The highest BCUT2D eigenvalue weighted by atomic mass is 79.9. The highest BCUT2D eigenvalue weighted by Gasteiger charge is 2.15. The molecule has 7 heteroatoms. The van der Waals surface area contributed by atoms with E-state index in [-0.39, 0.29) is 10.8 Å². The van der Waals surface area contributed by atoms with Crippen molar-refractivity contribution in [3.05, 3.63) is 12.4 Å². The first-order valence-corrected chi connectivity index (χ1v) is 6.71. The third-order valence-corrected chi connectivity index (χ3v) is 4.16. The zero-order chi connectivity index (χ0) is 10.6. The number of aromatic amines is 1. The number of halogens is 1. The maximum atomic E-state index is 11.5. The van der Waals surface area contributed by atoms with Crippen molar-refractivity contribution in [3.8, 4) is 0 Å². The summed E-state index contributed by atoms with van der Waals surface area (Å²) in [4.78, 5) is 0.166. The summed E-state index contributed by atoms with van der Waals surface area (Å²) >= 11 is 3.28. The van der Waals surface area contributed by atoms with E-state index in [2.05, 4.69) is 30.8 Å². The van der Waals surface area contributed by atoms with Crippen LogP contribution >= 0.6 is 15.9 Å². The van der Waals surface area contributed by atoms with Crippen molar-refractivity contribution < 1.29 is 8.42 Å². The zero-order valence-electron chi connectivity index (χ0n) is 7.70. The van der Waals surface area contributed by atoms with E-state index in [9.17, 15) is 8.42 Å². The maximum Gasteiger partial charge on any atom is 0.243 e. The first-order valence-electron chi connectivity index (χ1n) is 4.10. The topological polar surface area (TPSA) is 74.8 Å². The quantitative estimate of drug-likeness (QED) is 0.781. The summed E-state index contributed by atoms with van der Waals surface area (Å²) in [6, 6.07) is 0. The minimum absolute atomic E-state index is 0.166. The van der Waals surface area contributed by atoms with E-state index in [0.717, 1.165) is 5.33 Å². The lowest BCUT2D eigenvalue weighted by Gasteiger charge is -2.08. The van der Waals surface area contributed by atoms with Gasteiger partial charge in [-0.3, -0.25) is 5.10 Å². The van der Waals surface area contributed by atoms with Gasteiger partial charge in [-0.15, -0.1) is 0 Å². The fourth-order valence-electron chi connectivity index (χ4n) is 0.776. The normalized spacial score (nSPS) is 14.1. The predicted molar refractivity (Wildman–Crippen MR) is 56.7 cm³/mol.